The second-order valence-corrected chi connectivity index (χ2v) is 6.46. The van der Waals surface area contributed by atoms with Gasteiger partial charge in [-0.05, 0) is 53.4 Å². The van der Waals surface area contributed by atoms with Crippen molar-refractivity contribution < 1.29 is 23.5 Å². The highest BCUT2D eigenvalue weighted by Gasteiger charge is 2.22. The number of halogens is 2. The van der Waals surface area contributed by atoms with E-state index in [0.717, 1.165) is 23.3 Å². The topological polar surface area (TPSA) is 79.3 Å². The van der Waals surface area contributed by atoms with Gasteiger partial charge in [-0.25, -0.2) is 8.78 Å². The molecule has 0 amide bonds. The van der Waals surface area contributed by atoms with Gasteiger partial charge in [0, 0.05) is 18.0 Å². The lowest BCUT2D eigenvalue weighted by Crippen LogP contribution is -2.41. The number of Topliss-reactive ketones (excluding diaryl/α,β-unsaturated/α-hetero) is 1. The number of aliphatic carboxylic acids is 1. The average Bonchev–Trinajstić information content (AvgIpc) is 2.73. The van der Waals surface area contributed by atoms with Crippen LogP contribution in [0.4, 0.5) is 8.78 Å². The maximum absolute atomic E-state index is 13.5. The van der Waals surface area contributed by atoms with Gasteiger partial charge in [0.15, 0.2) is 17.4 Å². The summed E-state index contributed by atoms with van der Waals surface area (Å²) < 4.78 is 26.7. The fourth-order valence-corrected chi connectivity index (χ4v) is 2.97. The second kappa shape index (κ2) is 9.16. The molecule has 0 aliphatic heterocycles. The van der Waals surface area contributed by atoms with Crippen LogP contribution in [0, 0.1) is 11.6 Å². The van der Waals surface area contributed by atoms with Crippen LogP contribution in [0.3, 0.4) is 0 Å². The molecule has 2 N–H and O–H groups in total. The van der Waals surface area contributed by atoms with Crippen molar-refractivity contribution >= 4 is 11.8 Å². The van der Waals surface area contributed by atoms with Gasteiger partial charge in [0.05, 0.1) is 12.6 Å². The van der Waals surface area contributed by atoms with Crippen LogP contribution in [0.15, 0.2) is 67.0 Å². The summed E-state index contributed by atoms with van der Waals surface area (Å²) in [5.41, 5.74) is 2.45. The summed E-state index contributed by atoms with van der Waals surface area (Å²) in [5, 5.41) is 11.6. The summed E-state index contributed by atoms with van der Waals surface area (Å²) in [6.45, 7) is -0.440. The van der Waals surface area contributed by atoms with Crippen LogP contribution in [-0.2, 0) is 11.2 Å². The number of hydrogen-bond donors (Lipinski definition) is 2. The molecule has 7 heteroatoms. The first kappa shape index (κ1) is 20.3. The molecular weight excluding hydrogens is 378 g/mol. The number of carboxylic acids is 1. The molecule has 3 rings (SSSR count). The fraction of sp³-hybridized carbons (Fsp3) is 0.136. The van der Waals surface area contributed by atoms with Crippen molar-refractivity contribution in [2.24, 2.45) is 0 Å². The van der Waals surface area contributed by atoms with Crippen molar-refractivity contribution in [1.29, 1.82) is 0 Å². The van der Waals surface area contributed by atoms with Crippen LogP contribution < -0.4 is 5.32 Å². The number of nitrogens with one attached hydrogen (secondary N) is 1. The molecule has 0 saturated heterocycles. The zero-order chi connectivity index (χ0) is 20.8. The third-order valence-electron chi connectivity index (χ3n) is 4.40. The minimum absolute atomic E-state index is 0.0167. The largest absolute Gasteiger partial charge is 0.480 e. The summed E-state index contributed by atoms with van der Waals surface area (Å²) in [6, 6.07) is 13.0. The van der Waals surface area contributed by atoms with E-state index in [1.54, 1.807) is 30.6 Å². The van der Waals surface area contributed by atoms with Crippen molar-refractivity contribution in [3.8, 4) is 11.1 Å². The summed E-state index contributed by atoms with van der Waals surface area (Å²) in [5.74, 6) is -3.47. The Labute approximate surface area is 166 Å². The molecule has 1 unspecified atom stereocenters. The van der Waals surface area contributed by atoms with Gasteiger partial charge in [-0.3, -0.25) is 19.9 Å². The van der Waals surface area contributed by atoms with E-state index in [-0.39, 0.29) is 12.2 Å². The Morgan fingerprint density at radius 2 is 1.72 bits per heavy atom. The van der Waals surface area contributed by atoms with Crippen LogP contribution in [0.5, 0.6) is 0 Å². The highest BCUT2D eigenvalue weighted by molar-refractivity contribution is 6.01. The third-order valence-corrected chi connectivity index (χ3v) is 4.40. The molecule has 0 saturated carbocycles. The highest BCUT2D eigenvalue weighted by atomic mass is 19.2. The van der Waals surface area contributed by atoms with Gasteiger partial charge in [-0.1, -0.05) is 24.3 Å². The fourth-order valence-electron chi connectivity index (χ4n) is 2.97. The summed E-state index contributed by atoms with van der Waals surface area (Å²) in [4.78, 5) is 28.0. The monoisotopic (exact) mass is 396 g/mol. The Balaban J connectivity index is 1.87. The predicted octanol–water partition coefficient (Wildman–Crippen LogP) is 3.50. The first-order valence-corrected chi connectivity index (χ1v) is 8.88. The molecule has 2 aromatic carbocycles. The van der Waals surface area contributed by atoms with Crippen LogP contribution in [-0.4, -0.2) is 34.4 Å². The Kier molecular flexibility index (Phi) is 6.41. The summed E-state index contributed by atoms with van der Waals surface area (Å²) in [7, 11) is 0. The number of aromatic nitrogens is 1. The summed E-state index contributed by atoms with van der Waals surface area (Å²) >= 11 is 0. The lowest BCUT2D eigenvalue weighted by Gasteiger charge is -2.17. The van der Waals surface area contributed by atoms with Gasteiger partial charge in [-0.15, -0.1) is 0 Å². The Bertz CT molecular complexity index is 1030. The van der Waals surface area contributed by atoms with Gasteiger partial charge in [0.2, 0.25) is 0 Å². The second-order valence-electron chi connectivity index (χ2n) is 6.46. The molecule has 148 valence electrons. The molecule has 0 radical (unpaired) electrons. The Morgan fingerprint density at radius 3 is 2.41 bits per heavy atom. The number of ketones is 1. The maximum atomic E-state index is 13.5. The zero-order valence-corrected chi connectivity index (χ0v) is 15.3. The first-order chi connectivity index (χ1) is 13.9. The zero-order valence-electron chi connectivity index (χ0n) is 15.3. The van der Waals surface area contributed by atoms with Gasteiger partial charge < -0.3 is 5.11 Å². The molecule has 1 heterocycles. The van der Waals surface area contributed by atoms with Crippen LogP contribution in [0.2, 0.25) is 0 Å². The molecule has 29 heavy (non-hydrogen) atoms. The smallest absolute Gasteiger partial charge is 0.317 e. The van der Waals surface area contributed by atoms with Crippen molar-refractivity contribution in [3.63, 3.8) is 0 Å². The minimum Gasteiger partial charge on any atom is -0.480 e. The van der Waals surface area contributed by atoms with Crippen molar-refractivity contribution in [1.82, 2.24) is 10.3 Å². The van der Waals surface area contributed by atoms with E-state index >= 15 is 0 Å². The quantitative estimate of drug-likeness (QED) is 0.570. The van der Waals surface area contributed by atoms with E-state index in [9.17, 15) is 18.4 Å². The molecule has 5 nitrogen and oxygen atoms in total. The van der Waals surface area contributed by atoms with Crippen LogP contribution in [0.25, 0.3) is 11.1 Å². The van der Waals surface area contributed by atoms with E-state index in [1.807, 2.05) is 18.2 Å². The molecule has 1 atom stereocenters. The Morgan fingerprint density at radius 1 is 0.966 bits per heavy atom. The van der Waals surface area contributed by atoms with E-state index < -0.39 is 30.2 Å². The number of nitrogens with zero attached hydrogens (tertiary/aromatic N) is 1. The van der Waals surface area contributed by atoms with Gasteiger partial charge in [0.1, 0.15) is 0 Å². The van der Waals surface area contributed by atoms with Gasteiger partial charge in [-0.2, -0.15) is 0 Å². The highest BCUT2D eigenvalue weighted by Crippen LogP contribution is 2.21. The lowest BCUT2D eigenvalue weighted by atomic mass is 9.95. The van der Waals surface area contributed by atoms with Gasteiger partial charge in [0.25, 0.3) is 0 Å². The van der Waals surface area contributed by atoms with Crippen LogP contribution in [0.1, 0.15) is 15.9 Å². The molecule has 3 aromatic rings. The minimum atomic E-state index is -1.13. The molecule has 0 spiro atoms. The van der Waals surface area contributed by atoms with Gasteiger partial charge >= 0.3 is 5.97 Å². The number of pyridine rings is 1. The normalized spacial score (nSPS) is 11.8. The van der Waals surface area contributed by atoms with Crippen molar-refractivity contribution in [3.05, 3.63) is 89.8 Å². The number of benzene rings is 2. The molecule has 1 aromatic heterocycles. The van der Waals surface area contributed by atoms with E-state index in [4.69, 9.17) is 5.11 Å². The predicted molar refractivity (Wildman–Crippen MR) is 103 cm³/mol. The van der Waals surface area contributed by atoms with E-state index in [1.165, 1.54) is 6.07 Å². The molecule has 0 aliphatic rings. The number of hydrogen-bond acceptors (Lipinski definition) is 4. The standard InChI is InChI=1S/C22H18F2N2O3/c23-18-5-4-14(10-19(18)24)11-20(26-13-21(27)28)22(29)17-3-1-2-16(12-17)15-6-8-25-9-7-15/h1-10,12,20,26H,11,13H2,(H,27,28). The van der Waals surface area contributed by atoms with Crippen molar-refractivity contribution in [2.75, 3.05) is 6.54 Å². The lowest BCUT2D eigenvalue weighted by molar-refractivity contribution is -0.136. The van der Waals surface area contributed by atoms with E-state index in [0.29, 0.717) is 11.1 Å². The van der Waals surface area contributed by atoms with Crippen molar-refractivity contribution in [2.45, 2.75) is 12.5 Å². The number of carboxylic acid groups (broad SMARTS) is 1. The number of carbonyl (C=O) groups is 2. The third kappa shape index (κ3) is 5.30. The van der Waals surface area contributed by atoms with E-state index in [2.05, 4.69) is 10.3 Å². The molecule has 0 aliphatic carbocycles. The molecule has 0 bridgehead atoms. The number of rotatable bonds is 8. The Hall–Kier alpha value is -3.45. The maximum Gasteiger partial charge on any atom is 0.317 e. The average molecular weight is 396 g/mol. The SMILES string of the molecule is O=C(O)CNC(Cc1ccc(F)c(F)c1)C(=O)c1cccc(-c2ccncc2)c1. The number of carbonyl (C=O) groups excluding carboxylic acids is 1. The molecule has 0 fully saturated rings. The summed E-state index contributed by atoms with van der Waals surface area (Å²) in [6.07, 6.45) is 3.30. The van der Waals surface area contributed by atoms with Crippen LogP contribution >= 0.6 is 0 Å². The first-order valence-electron chi connectivity index (χ1n) is 8.88. The molecular formula is C22H18F2N2O3.